The summed E-state index contributed by atoms with van der Waals surface area (Å²) in [6.45, 7) is 1.01. The number of amides is 1. The van der Waals surface area contributed by atoms with E-state index in [0.717, 1.165) is 5.33 Å². The van der Waals surface area contributed by atoms with Gasteiger partial charge in [-0.15, -0.1) is 0 Å². The molecule has 0 atom stereocenters. The second-order valence-corrected chi connectivity index (χ2v) is 3.07. The van der Waals surface area contributed by atoms with Crippen LogP contribution in [0.3, 0.4) is 0 Å². The Bertz CT molecular complexity index is 157. The highest BCUT2D eigenvalue weighted by Crippen LogP contribution is 1.99. The maximum absolute atomic E-state index is 10.9. The summed E-state index contributed by atoms with van der Waals surface area (Å²) >= 11 is 8.09. The highest BCUT2D eigenvalue weighted by molar-refractivity contribution is 9.09. The topological polar surface area (TPSA) is 32.3 Å². The lowest BCUT2D eigenvalue weighted by molar-refractivity contribution is -0.124. The third kappa shape index (κ3) is 1.46. The van der Waals surface area contributed by atoms with Crippen LogP contribution in [0.1, 0.15) is 0 Å². The van der Waals surface area contributed by atoms with Crippen LogP contribution in [-0.2, 0) is 4.79 Å². The lowest BCUT2D eigenvalue weighted by atomic mass is 10.5. The zero-order valence-electron chi connectivity index (χ0n) is 5.26. The van der Waals surface area contributed by atoms with Crippen molar-refractivity contribution in [1.29, 1.82) is 0 Å². The van der Waals surface area contributed by atoms with E-state index in [9.17, 15) is 4.79 Å². The first-order valence-corrected chi connectivity index (χ1v) is 4.43. The van der Waals surface area contributed by atoms with Crippen LogP contribution in [0.5, 0.6) is 0 Å². The Balaban J connectivity index is 2.54. The molecule has 0 aliphatic carbocycles. The third-order valence-electron chi connectivity index (χ3n) is 1.25. The first-order chi connectivity index (χ1) is 4.75. The predicted octanol–water partition coefficient (Wildman–Crippen LogP) is 0.0980. The molecule has 0 aromatic rings. The number of alkyl halides is 1. The molecule has 10 heavy (non-hydrogen) atoms. The van der Waals surface area contributed by atoms with Crippen LogP contribution >= 0.6 is 28.1 Å². The second-order valence-electron chi connectivity index (χ2n) is 1.89. The summed E-state index contributed by atoms with van der Waals surface area (Å²) in [5.74, 6) is 0.0597. The smallest absolute Gasteiger partial charge is 0.248 e. The molecule has 1 heterocycles. The van der Waals surface area contributed by atoms with Crippen molar-refractivity contribution >= 4 is 39.2 Å². The molecule has 56 valence electrons. The number of nitrogens with one attached hydrogen (secondary N) is 1. The Morgan fingerprint density at radius 1 is 1.80 bits per heavy atom. The summed E-state index contributed by atoms with van der Waals surface area (Å²) in [5, 5.41) is 4.10. The van der Waals surface area contributed by atoms with Crippen LogP contribution in [-0.4, -0.2) is 34.3 Å². The Morgan fingerprint density at radius 2 is 2.50 bits per heavy atom. The summed E-state index contributed by atoms with van der Waals surface area (Å²) in [7, 11) is 0. The first kappa shape index (κ1) is 7.94. The van der Waals surface area contributed by atoms with Gasteiger partial charge in [-0.1, -0.05) is 15.9 Å². The van der Waals surface area contributed by atoms with Crippen molar-refractivity contribution in [2.24, 2.45) is 0 Å². The maximum atomic E-state index is 10.9. The van der Waals surface area contributed by atoms with Gasteiger partial charge in [-0.3, -0.25) is 9.69 Å². The number of rotatable bonds is 2. The van der Waals surface area contributed by atoms with Crippen molar-refractivity contribution in [2.75, 3.05) is 18.4 Å². The first-order valence-electron chi connectivity index (χ1n) is 2.90. The van der Waals surface area contributed by atoms with E-state index in [4.69, 9.17) is 12.2 Å². The summed E-state index contributed by atoms with van der Waals surface area (Å²) in [6.07, 6.45) is 0. The fourth-order valence-corrected chi connectivity index (χ4v) is 1.39. The molecular weight excluding hydrogens is 216 g/mol. The van der Waals surface area contributed by atoms with Gasteiger partial charge in [0.2, 0.25) is 5.91 Å². The summed E-state index contributed by atoms with van der Waals surface area (Å²) in [5.41, 5.74) is 0. The second kappa shape index (κ2) is 3.30. The molecule has 1 rings (SSSR count). The van der Waals surface area contributed by atoms with Gasteiger partial charge < -0.3 is 5.32 Å². The maximum Gasteiger partial charge on any atom is 0.248 e. The Morgan fingerprint density at radius 3 is 2.90 bits per heavy atom. The van der Waals surface area contributed by atoms with Crippen LogP contribution < -0.4 is 5.32 Å². The molecule has 0 bridgehead atoms. The fraction of sp³-hybridized carbons (Fsp3) is 0.600. The van der Waals surface area contributed by atoms with E-state index in [1.54, 1.807) is 4.90 Å². The normalized spacial score (nSPS) is 17.9. The van der Waals surface area contributed by atoms with Gasteiger partial charge in [0.1, 0.15) is 0 Å². The zero-order chi connectivity index (χ0) is 7.56. The number of hydrogen-bond donors (Lipinski definition) is 1. The zero-order valence-corrected chi connectivity index (χ0v) is 7.67. The highest BCUT2D eigenvalue weighted by atomic mass is 79.9. The van der Waals surface area contributed by atoms with Gasteiger partial charge in [0.25, 0.3) is 0 Å². The van der Waals surface area contributed by atoms with Gasteiger partial charge in [-0.05, 0) is 12.2 Å². The molecule has 1 aliphatic rings. The molecule has 0 unspecified atom stereocenters. The largest absolute Gasteiger partial charge is 0.353 e. The molecule has 0 aromatic carbocycles. The number of carbonyl (C=O) groups is 1. The van der Waals surface area contributed by atoms with Crippen molar-refractivity contribution in [3.63, 3.8) is 0 Å². The highest BCUT2D eigenvalue weighted by Gasteiger charge is 2.23. The minimum atomic E-state index is 0.0597. The molecular formula is C5H7BrN2OS. The van der Waals surface area contributed by atoms with Crippen LogP contribution in [0.25, 0.3) is 0 Å². The van der Waals surface area contributed by atoms with Gasteiger partial charge >= 0.3 is 0 Å². The molecule has 1 aliphatic heterocycles. The molecule has 5 heteroatoms. The fourth-order valence-electron chi connectivity index (χ4n) is 0.766. The minimum absolute atomic E-state index is 0.0597. The van der Waals surface area contributed by atoms with Crippen LogP contribution in [0.15, 0.2) is 0 Å². The molecule has 1 fully saturated rings. The molecule has 3 nitrogen and oxygen atoms in total. The van der Waals surface area contributed by atoms with Crippen molar-refractivity contribution in [2.45, 2.75) is 0 Å². The number of nitrogens with zero attached hydrogens (tertiary/aromatic N) is 1. The average Bonchev–Trinajstić information content (AvgIpc) is 2.20. The van der Waals surface area contributed by atoms with E-state index in [1.807, 2.05) is 0 Å². The lowest BCUT2D eigenvalue weighted by Crippen LogP contribution is -2.32. The van der Waals surface area contributed by atoms with E-state index in [1.165, 1.54) is 0 Å². The molecule has 0 saturated carbocycles. The van der Waals surface area contributed by atoms with Gasteiger partial charge in [-0.25, -0.2) is 0 Å². The predicted molar refractivity (Wildman–Crippen MR) is 46.1 cm³/mol. The van der Waals surface area contributed by atoms with Crippen LogP contribution in [0.2, 0.25) is 0 Å². The van der Waals surface area contributed by atoms with E-state index >= 15 is 0 Å². The van der Waals surface area contributed by atoms with E-state index in [2.05, 4.69) is 21.2 Å². The SMILES string of the molecule is O=C1CNC(=S)N1CCBr. The number of hydrogen-bond acceptors (Lipinski definition) is 2. The number of thiocarbonyl (C=S) groups is 1. The molecule has 0 aromatic heterocycles. The quantitative estimate of drug-likeness (QED) is 0.532. The molecule has 0 spiro atoms. The standard InChI is InChI=1S/C5H7BrN2OS/c6-1-2-8-4(9)3-7-5(8)10/h1-3H2,(H,7,10). The number of halogens is 1. The van der Waals surface area contributed by atoms with Gasteiger partial charge in [0.15, 0.2) is 5.11 Å². The third-order valence-corrected chi connectivity index (χ3v) is 1.96. The van der Waals surface area contributed by atoms with Gasteiger partial charge in [0, 0.05) is 11.9 Å². The molecule has 0 radical (unpaired) electrons. The van der Waals surface area contributed by atoms with Crippen molar-refractivity contribution < 1.29 is 4.79 Å². The van der Waals surface area contributed by atoms with E-state index < -0.39 is 0 Å². The molecule has 1 saturated heterocycles. The minimum Gasteiger partial charge on any atom is -0.353 e. The van der Waals surface area contributed by atoms with E-state index in [-0.39, 0.29) is 5.91 Å². The van der Waals surface area contributed by atoms with Crippen molar-refractivity contribution in [3.8, 4) is 0 Å². The van der Waals surface area contributed by atoms with Gasteiger partial charge in [-0.2, -0.15) is 0 Å². The van der Waals surface area contributed by atoms with Crippen molar-refractivity contribution in [3.05, 3.63) is 0 Å². The van der Waals surface area contributed by atoms with Crippen molar-refractivity contribution in [1.82, 2.24) is 10.2 Å². The Labute approximate surface area is 72.9 Å². The van der Waals surface area contributed by atoms with Crippen LogP contribution in [0.4, 0.5) is 0 Å². The average molecular weight is 223 g/mol. The Hall–Kier alpha value is -0.160. The lowest BCUT2D eigenvalue weighted by Gasteiger charge is -2.11. The number of carbonyl (C=O) groups excluding carboxylic acids is 1. The monoisotopic (exact) mass is 222 g/mol. The van der Waals surface area contributed by atoms with E-state index in [0.29, 0.717) is 18.2 Å². The summed E-state index contributed by atoms with van der Waals surface area (Å²) in [4.78, 5) is 12.5. The summed E-state index contributed by atoms with van der Waals surface area (Å²) < 4.78 is 0. The Kier molecular flexibility index (Phi) is 2.62. The molecule has 1 N–H and O–H groups in total. The summed E-state index contributed by atoms with van der Waals surface area (Å²) in [6, 6.07) is 0. The van der Waals surface area contributed by atoms with Gasteiger partial charge in [0.05, 0.1) is 6.54 Å². The van der Waals surface area contributed by atoms with Crippen LogP contribution in [0, 0.1) is 0 Å². The molecule has 1 amide bonds.